The lowest BCUT2D eigenvalue weighted by molar-refractivity contribution is -0.0441. The lowest BCUT2D eigenvalue weighted by atomic mass is 9.81. The van der Waals surface area contributed by atoms with Crippen LogP contribution in [0.25, 0.3) is 0 Å². The van der Waals surface area contributed by atoms with Crippen LogP contribution in [0.15, 0.2) is 48.5 Å². The highest BCUT2D eigenvalue weighted by Crippen LogP contribution is 2.39. The molecule has 1 fully saturated rings. The second kappa shape index (κ2) is 7.41. The van der Waals surface area contributed by atoms with Crippen molar-refractivity contribution >= 4 is 12.4 Å². The number of ether oxygens (including phenoxy) is 1. The van der Waals surface area contributed by atoms with Crippen molar-refractivity contribution in [2.24, 2.45) is 0 Å². The maximum atomic E-state index is 14.5. The Bertz CT molecular complexity index is 657. The van der Waals surface area contributed by atoms with Gasteiger partial charge >= 0.3 is 0 Å². The van der Waals surface area contributed by atoms with Crippen molar-refractivity contribution in [2.75, 3.05) is 19.7 Å². The summed E-state index contributed by atoms with van der Waals surface area (Å²) in [6.45, 7) is 3.40. The molecule has 2 atom stereocenters. The molecular formula is C18H21ClFNO2. The van der Waals surface area contributed by atoms with Crippen molar-refractivity contribution in [3.63, 3.8) is 0 Å². The predicted octanol–water partition coefficient (Wildman–Crippen LogP) is 3.16. The average molecular weight is 338 g/mol. The van der Waals surface area contributed by atoms with E-state index in [4.69, 9.17) is 4.74 Å². The van der Waals surface area contributed by atoms with Crippen LogP contribution < -0.4 is 5.32 Å². The van der Waals surface area contributed by atoms with E-state index < -0.39 is 11.7 Å². The fourth-order valence-electron chi connectivity index (χ4n) is 3.12. The van der Waals surface area contributed by atoms with Crippen LogP contribution in [0.4, 0.5) is 4.39 Å². The van der Waals surface area contributed by atoms with E-state index in [1.807, 2.05) is 30.3 Å². The molecule has 1 aliphatic heterocycles. The summed E-state index contributed by atoms with van der Waals surface area (Å²) in [5.41, 5.74) is 1.14. The fourth-order valence-corrected chi connectivity index (χ4v) is 3.12. The Hall–Kier alpha value is -1.46. The second-order valence-corrected chi connectivity index (χ2v) is 5.60. The minimum Gasteiger partial charge on any atom is -0.389 e. The molecule has 124 valence electrons. The van der Waals surface area contributed by atoms with Gasteiger partial charge in [-0.3, -0.25) is 0 Å². The van der Waals surface area contributed by atoms with Gasteiger partial charge in [-0.05, 0) is 24.1 Å². The molecule has 0 amide bonds. The standard InChI is InChI=1S/C18H20FNO2.ClH/c1-13(21)14-6-2-3-7-15(14)18(12-20-10-11-22-18)16-8-4-5-9-17(16)19;/h2-9,13,20-21H,10-12H2,1H3;1H. The van der Waals surface area contributed by atoms with E-state index in [9.17, 15) is 9.50 Å². The molecule has 2 aromatic rings. The van der Waals surface area contributed by atoms with Gasteiger partial charge in [0.15, 0.2) is 0 Å². The summed E-state index contributed by atoms with van der Waals surface area (Å²) >= 11 is 0. The van der Waals surface area contributed by atoms with Crippen LogP contribution >= 0.6 is 12.4 Å². The number of aliphatic hydroxyl groups is 1. The van der Waals surface area contributed by atoms with Crippen LogP contribution in [0.3, 0.4) is 0 Å². The highest BCUT2D eigenvalue weighted by atomic mass is 35.5. The van der Waals surface area contributed by atoms with E-state index >= 15 is 0 Å². The zero-order valence-electron chi connectivity index (χ0n) is 13.0. The van der Waals surface area contributed by atoms with Crippen molar-refractivity contribution in [3.8, 4) is 0 Å². The van der Waals surface area contributed by atoms with Crippen LogP contribution in [-0.4, -0.2) is 24.8 Å². The van der Waals surface area contributed by atoms with Crippen molar-refractivity contribution in [1.82, 2.24) is 5.32 Å². The third kappa shape index (κ3) is 3.26. The Morgan fingerprint density at radius 2 is 1.78 bits per heavy atom. The number of nitrogens with one attached hydrogen (secondary N) is 1. The normalized spacial score (nSPS) is 22.2. The largest absolute Gasteiger partial charge is 0.389 e. The van der Waals surface area contributed by atoms with Gasteiger partial charge in [0.2, 0.25) is 0 Å². The Morgan fingerprint density at radius 1 is 1.13 bits per heavy atom. The molecular weight excluding hydrogens is 317 g/mol. The topological polar surface area (TPSA) is 41.5 Å². The first-order valence-electron chi connectivity index (χ1n) is 7.52. The van der Waals surface area contributed by atoms with Gasteiger partial charge < -0.3 is 15.2 Å². The summed E-state index contributed by atoms with van der Waals surface area (Å²) in [5, 5.41) is 13.4. The molecule has 1 saturated heterocycles. The maximum absolute atomic E-state index is 14.5. The highest BCUT2D eigenvalue weighted by Gasteiger charge is 2.41. The first-order chi connectivity index (χ1) is 10.6. The molecule has 0 aliphatic carbocycles. The number of morpholine rings is 1. The summed E-state index contributed by atoms with van der Waals surface area (Å²) in [5.74, 6) is -0.299. The number of aliphatic hydroxyl groups excluding tert-OH is 1. The van der Waals surface area contributed by atoms with Crippen molar-refractivity contribution in [2.45, 2.75) is 18.6 Å². The Labute approximate surface area is 141 Å². The molecule has 3 rings (SSSR count). The van der Waals surface area contributed by atoms with Crippen LogP contribution in [0.1, 0.15) is 29.7 Å². The van der Waals surface area contributed by atoms with E-state index in [2.05, 4.69) is 5.32 Å². The van der Waals surface area contributed by atoms with E-state index in [1.165, 1.54) is 6.07 Å². The van der Waals surface area contributed by atoms with Gasteiger partial charge in [-0.1, -0.05) is 42.5 Å². The molecule has 0 aromatic heterocycles. The minimum absolute atomic E-state index is 0. The lowest BCUT2D eigenvalue weighted by Crippen LogP contribution is -2.49. The molecule has 2 aromatic carbocycles. The zero-order chi connectivity index (χ0) is 15.6. The van der Waals surface area contributed by atoms with Crippen LogP contribution in [0.2, 0.25) is 0 Å². The molecule has 0 bridgehead atoms. The quantitative estimate of drug-likeness (QED) is 0.904. The molecule has 1 heterocycles. The lowest BCUT2D eigenvalue weighted by Gasteiger charge is -2.40. The minimum atomic E-state index is -0.919. The van der Waals surface area contributed by atoms with Gasteiger partial charge in [0, 0.05) is 18.7 Å². The van der Waals surface area contributed by atoms with Crippen LogP contribution in [-0.2, 0) is 10.3 Å². The fraction of sp³-hybridized carbons (Fsp3) is 0.333. The predicted molar refractivity (Wildman–Crippen MR) is 90.3 cm³/mol. The summed E-state index contributed by atoms with van der Waals surface area (Å²) in [6.07, 6.45) is -0.648. The first-order valence-corrected chi connectivity index (χ1v) is 7.52. The Balaban J connectivity index is 0.00000192. The second-order valence-electron chi connectivity index (χ2n) is 5.60. The van der Waals surface area contributed by atoms with Gasteiger partial charge in [0.25, 0.3) is 0 Å². The Morgan fingerprint density at radius 3 is 2.39 bits per heavy atom. The first kappa shape index (κ1) is 17.9. The van der Waals surface area contributed by atoms with E-state index in [0.29, 0.717) is 18.7 Å². The summed E-state index contributed by atoms with van der Waals surface area (Å²) in [6, 6.07) is 14.2. The number of hydrogen-bond acceptors (Lipinski definition) is 3. The maximum Gasteiger partial charge on any atom is 0.134 e. The number of rotatable bonds is 3. The Kier molecular flexibility index (Phi) is 5.76. The molecule has 0 radical (unpaired) electrons. The third-order valence-corrected chi connectivity index (χ3v) is 4.16. The summed E-state index contributed by atoms with van der Waals surface area (Å²) < 4.78 is 20.6. The van der Waals surface area contributed by atoms with Crippen LogP contribution in [0, 0.1) is 5.82 Å². The van der Waals surface area contributed by atoms with E-state index in [-0.39, 0.29) is 18.2 Å². The van der Waals surface area contributed by atoms with Crippen LogP contribution in [0.5, 0.6) is 0 Å². The van der Waals surface area contributed by atoms with Gasteiger partial charge in [-0.25, -0.2) is 4.39 Å². The van der Waals surface area contributed by atoms with Crippen molar-refractivity contribution < 1.29 is 14.2 Å². The summed E-state index contributed by atoms with van der Waals surface area (Å²) in [4.78, 5) is 0. The molecule has 3 nitrogen and oxygen atoms in total. The molecule has 2 unspecified atom stereocenters. The monoisotopic (exact) mass is 337 g/mol. The van der Waals surface area contributed by atoms with Gasteiger partial charge in [-0.2, -0.15) is 0 Å². The zero-order valence-corrected chi connectivity index (χ0v) is 13.8. The average Bonchev–Trinajstić information content (AvgIpc) is 2.56. The molecule has 0 spiro atoms. The van der Waals surface area contributed by atoms with Gasteiger partial charge in [0.05, 0.1) is 12.7 Å². The van der Waals surface area contributed by atoms with Crippen molar-refractivity contribution in [3.05, 3.63) is 71.0 Å². The van der Waals surface area contributed by atoms with E-state index in [0.717, 1.165) is 17.7 Å². The van der Waals surface area contributed by atoms with Gasteiger partial charge in [0.1, 0.15) is 11.4 Å². The summed E-state index contributed by atoms with van der Waals surface area (Å²) in [7, 11) is 0. The number of halogens is 2. The molecule has 23 heavy (non-hydrogen) atoms. The van der Waals surface area contributed by atoms with E-state index in [1.54, 1.807) is 19.1 Å². The number of benzene rings is 2. The smallest absolute Gasteiger partial charge is 0.134 e. The van der Waals surface area contributed by atoms with Crippen molar-refractivity contribution in [1.29, 1.82) is 0 Å². The molecule has 1 aliphatic rings. The molecule has 2 N–H and O–H groups in total. The number of hydrogen-bond donors (Lipinski definition) is 2. The van der Waals surface area contributed by atoms with Gasteiger partial charge in [-0.15, -0.1) is 12.4 Å². The SMILES string of the molecule is CC(O)c1ccccc1C1(c2ccccc2F)CNCCO1.Cl. The molecule has 5 heteroatoms. The highest BCUT2D eigenvalue weighted by molar-refractivity contribution is 5.85. The molecule has 0 saturated carbocycles. The third-order valence-electron chi connectivity index (χ3n) is 4.16.